The summed E-state index contributed by atoms with van der Waals surface area (Å²) >= 11 is 0. The molecule has 58 valence electrons. The van der Waals surface area contributed by atoms with Gasteiger partial charge >= 0.3 is 5.97 Å². The van der Waals surface area contributed by atoms with Gasteiger partial charge in [0.15, 0.2) is 5.96 Å². The van der Waals surface area contributed by atoms with Crippen LogP contribution in [0.15, 0.2) is 4.99 Å². The number of aliphatic carboxylic acids is 1. The van der Waals surface area contributed by atoms with Crippen LogP contribution in [0.1, 0.15) is 6.42 Å². The van der Waals surface area contributed by atoms with E-state index in [1.165, 1.54) is 7.05 Å². The molecular formula is C5H11N3O2. The van der Waals surface area contributed by atoms with Gasteiger partial charge in [0, 0.05) is 13.6 Å². The number of nitrogens with zero attached hydrogens (tertiary/aromatic N) is 1. The highest BCUT2D eigenvalue weighted by Crippen LogP contribution is 1.73. The molecule has 0 fully saturated rings. The Morgan fingerprint density at radius 2 is 2.40 bits per heavy atom. The zero-order valence-corrected chi connectivity index (χ0v) is 5.79. The van der Waals surface area contributed by atoms with Gasteiger partial charge in [-0.25, -0.2) is 0 Å². The minimum absolute atomic E-state index is 0.0518. The molecule has 0 saturated heterocycles. The lowest BCUT2D eigenvalue weighted by Crippen LogP contribution is -2.32. The standard InChI is InChI=1S/C5H11N3O2/c1-7-5(6)8-3-2-4(9)10/h2-3H2,1H3,(H,9,10)(H3,6,7,8). The number of nitrogens with one attached hydrogen (secondary N) is 1. The molecule has 5 nitrogen and oxygen atoms in total. The van der Waals surface area contributed by atoms with Crippen molar-refractivity contribution in [3.05, 3.63) is 0 Å². The molecule has 0 atom stereocenters. The average Bonchev–Trinajstić information content (AvgIpc) is 1.87. The maximum absolute atomic E-state index is 9.95. The summed E-state index contributed by atoms with van der Waals surface area (Å²) in [5, 5.41) is 10.8. The van der Waals surface area contributed by atoms with Crippen molar-refractivity contribution < 1.29 is 9.90 Å². The molecule has 0 aliphatic carbocycles. The van der Waals surface area contributed by atoms with E-state index in [9.17, 15) is 4.79 Å². The fourth-order valence-corrected chi connectivity index (χ4v) is 0.377. The van der Waals surface area contributed by atoms with Crippen LogP contribution in [0.25, 0.3) is 0 Å². The van der Waals surface area contributed by atoms with E-state index in [1.54, 1.807) is 0 Å². The first-order valence-electron chi connectivity index (χ1n) is 2.84. The number of rotatable bonds is 3. The van der Waals surface area contributed by atoms with E-state index in [4.69, 9.17) is 10.8 Å². The number of carboxylic acids is 1. The summed E-state index contributed by atoms with van der Waals surface area (Å²) in [5.74, 6) is -0.586. The van der Waals surface area contributed by atoms with Gasteiger partial charge in [0.2, 0.25) is 0 Å². The number of aliphatic imine (C=N–C) groups is 1. The van der Waals surface area contributed by atoms with Crippen LogP contribution in [-0.4, -0.2) is 30.6 Å². The summed E-state index contributed by atoms with van der Waals surface area (Å²) in [5.41, 5.74) is 5.21. The number of carboxylic acid groups (broad SMARTS) is 1. The highest BCUT2D eigenvalue weighted by atomic mass is 16.4. The second kappa shape index (κ2) is 4.60. The minimum atomic E-state index is -0.851. The molecule has 0 saturated carbocycles. The molecular weight excluding hydrogens is 134 g/mol. The third-order valence-corrected chi connectivity index (χ3v) is 0.886. The molecule has 4 N–H and O–H groups in total. The summed E-state index contributed by atoms with van der Waals surface area (Å²) in [6.07, 6.45) is 0.0518. The first kappa shape index (κ1) is 8.74. The van der Waals surface area contributed by atoms with E-state index in [0.29, 0.717) is 6.54 Å². The molecule has 0 aromatic heterocycles. The van der Waals surface area contributed by atoms with Crippen LogP contribution in [0.3, 0.4) is 0 Å². The number of hydrogen-bond donors (Lipinski definition) is 3. The van der Waals surface area contributed by atoms with Crippen LogP contribution in [0.5, 0.6) is 0 Å². The van der Waals surface area contributed by atoms with Crippen molar-refractivity contribution >= 4 is 11.9 Å². The Balaban J connectivity index is 3.29. The van der Waals surface area contributed by atoms with Gasteiger partial charge in [0.25, 0.3) is 0 Å². The maximum atomic E-state index is 9.95. The maximum Gasteiger partial charge on any atom is 0.305 e. The monoisotopic (exact) mass is 145 g/mol. The van der Waals surface area contributed by atoms with Crippen LogP contribution in [0.4, 0.5) is 0 Å². The van der Waals surface area contributed by atoms with Crippen LogP contribution >= 0.6 is 0 Å². The highest BCUT2D eigenvalue weighted by molar-refractivity contribution is 5.78. The Labute approximate surface area is 58.9 Å². The fraction of sp³-hybridized carbons (Fsp3) is 0.600. The first-order valence-corrected chi connectivity index (χ1v) is 2.84. The van der Waals surface area contributed by atoms with Gasteiger partial charge in [0.05, 0.1) is 6.42 Å². The SMILES string of the molecule is C/N=C(\N)NCCC(=O)O. The lowest BCUT2D eigenvalue weighted by Gasteiger charge is -2.00. The Kier molecular flexibility index (Phi) is 4.02. The Morgan fingerprint density at radius 1 is 1.80 bits per heavy atom. The van der Waals surface area contributed by atoms with Crippen molar-refractivity contribution in [1.82, 2.24) is 5.32 Å². The molecule has 0 radical (unpaired) electrons. The quantitative estimate of drug-likeness (QED) is 0.351. The van der Waals surface area contributed by atoms with Gasteiger partial charge in [-0.3, -0.25) is 9.79 Å². The van der Waals surface area contributed by atoms with Gasteiger partial charge in [0.1, 0.15) is 0 Å². The minimum Gasteiger partial charge on any atom is -0.481 e. The predicted molar refractivity (Wildman–Crippen MR) is 37.8 cm³/mol. The largest absolute Gasteiger partial charge is 0.481 e. The molecule has 0 aromatic carbocycles. The summed E-state index contributed by atoms with van der Waals surface area (Å²) in [6.45, 7) is 0.318. The molecule has 10 heavy (non-hydrogen) atoms. The number of nitrogens with two attached hydrogens (primary N) is 1. The molecule has 0 spiro atoms. The van der Waals surface area contributed by atoms with E-state index in [2.05, 4.69) is 10.3 Å². The summed E-state index contributed by atoms with van der Waals surface area (Å²) in [7, 11) is 1.53. The summed E-state index contributed by atoms with van der Waals surface area (Å²) < 4.78 is 0. The predicted octanol–water partition coefficient (Wildman–Crippen LogP) is -1.00. The Morgan fingerprint density at radius 3 is 2.80 bits per heavy atom. The van der Waals surface area contributed by atoms with E-state index in [0.717, 1.165) is 0 Å². The van der Waals surface area contributed by atoms with Gasteiger partial charge in [-0.05, 0) is 0 Å². The lowest BCUT2D eigenvalue weighted by atomic mass is 10.4. The van der Waals surface area contributed by atoms with E-state index in [1.807, 2.05) is 0 Å². The first-order chi connectivity index (χ1) is 4.66. The normalized spacial score (nSPS) is 11.1. The molecule has 0 amide bonds. The van der Waals surface area contributed by atoms with Crippen molar-refractivity contribution in [2.75, 3.05) is 13.6 Å². The van der Waals surface area contributed by atoms with Crippen LogP contribution in [0.2, 0.25) is 0 Å². The molecule has 0 bridgehead atoms. The molecule has 0 aliphatic rings. The van der Waals surface area contributed by atoms with Crippen molar-refractivity contribution in [1.29, 1.82) is 0 Å². The Bertz CT molecular complexity index is 144. The van der Waals surface area contributed by atoms with Crippen molar-refractivity contribution in [2.24, 2.45) is 10.7 Å². The third-order valence-electron chi connectivity index (χ3n) is 0.886. The van der Waals surface area contributed by atoms with Crippen molar-refractivity contribution in [3.8, 4) is 0 Å². The molecule has 0 aliphatic heterocycles. The van der Waals surface area contributed by atoms with E-state index >= 15 is 0 Å². The molecule has 0 rings (SSSR count). The van der Waals surface area contributed by atoms with Gasteiger partial charge in [-0.2, -0.15) is 0 Å². The van der Waals surface area contributed by atoms with Gasteiger partial charge < -0.3 is 16.2 Å². The van der Waals surface area contributed by atoms with Gasteiger partial charge in [-0.15, -0.1) is 0 Å². The Hall–Kier alpha value is -1.26. The van der Waals surface area contributed by atoms with Crippen LogP contribution < -0.4 is 11.1 Å². The number of guanidine groups is 1. The van der Waals surface area contributed by atoms with Crippen molar-refractivity contribution in [2.45, 2.75) is 6.42 Å². The number of hydrogen-bond acceptors (Lipinski definition) is 2. The second-order valence-corrected chi connectivity index (χ2v) is 1.68. The summed E-state index contributed by atoms with van der Waals surface area (Å²) in [4.78, 5) is 13.5. The zero-order chi connectivity index (χ0) is 7.98. The van der Waals surface area contributed by atoms with Crippen LogP contribution in [0, 0.1) is 0 Å². The number of carbonyl (C=O) groups is 1. The van der Waals surface area contributed by atoms with Crippen molar-refractivity contribution in [3.63, 3.8) is 0 Å². The smallest absolute Gasteiger partial charge is 0.305 e. The lowest BCUT2D eigenvalue weighted by molar-refractivity contribution is -0.136. The van der Waals surface area contributed by atoms with E-state index < -0.39 is 5.97 Å². The molecule has 0 aromatic rings. The zero-order valence-electron chi connectivity index (χ0n) is 5.79. The second-order valence-electron chi connectivity index (χ2n) is 1.68. The third kappa shape index (κ3) is 4.89. The molecule has 0 heterocycles. The molecule has 5 heteroatoms. The summed E-state index contributed by atoms with van der Waals surface area (Å²) in [6, 6.07) is 0. The van der Waals surface area contributed by atoms with E-state index in [-0.39, 0.29) is 12.4 Å². The highest BCUT2D eigenvalue weighted by Gasteiger charge is 1.94. The fourth-order valence-electron chi connectivity index (χ4n) is 0.377. The topological polar surface area (TPSA) is 87.7 Å². The average molecular weight is 145 g/mol. The van der Waals surface area contributed by atoms with Crippen LogP contribution in [-0.2, 0) is 4.79 Å². The molecule has 0 unspecified atom stereocenters. The van der Waals surface area contributed by atoms with Gasteiger partial charge in [-0.1, -0.05) is 0 Å².